The summed E-state index contributed by atoms with van der Waals surface area (Å²) >= 11 is 0. The fraction of sp³-hybridized carbons (Fsp3) is 0.533. The number of benzene rings is 1. The van der Waals surface area contributed by atoms with Gasteiger partial charge in [-0.3, -0.25) is 4.79 Å². The number of para-hydroxylation sites is 1. The van der Waals surface area contributed by atoms with Gasteiger partial charge in [-0.25, -0.2) is 0 Å². The van der Waals surface area contributed by atoms with E-state index in [-0.39, 0.29) is 12.0 Å². The Morgan fingerprint density at radius 2 is 1.90 bits per heavy atom. The summed E-state index contributed by atoms with van der Waals surface area (Å²) in [4.78, 5) is 16.3. The van der Waals surface area contributed by atoms with Crippen LogP contribution in [-0.2, 0) is 9.53 Å². The lowest BCUT2D eigenvalue weighted by Crippen LogP contribution is -2.39. The Kier molecular flexibility index (Phi) is 7.22. The first kappa shape index (κ1) is 16.6. The van der Waals surface area contributed by atoms with E-state index in [9.17, 15) is 4.79 Å². The molecule has 1 atom stereocenters. The van der Waals surface area contributed by atoms with Gasteiger partial charge in [0, 0.05) is 32.4 Å². The first-order chi connectivity index (χ1) is 9.58. The van der Waals surface area contributed by atoms with Crippen molar-refractivity contribution in [2.24, 2.45) is 5.73 Å². The van der Waals surface area contributed by atoms with Gasteiger partial charge in [0.05, 0.1) is 12.5 Å². The minimum Gasteiger partial charge on any atom is -0.380 e. The highest BCUT2D eigenvalue weighted by Gasteiger charge is 2.19. The zero-order valence-corrected chi connectivity index (χ0v) is 12.6. The molecule has 20 heavy (non-hydrogen) atoms. The second kappa shape index (κ2) is 8.68. The maximum absolute atomic E-state index is 12.5. The van der Waals surface area contributed by atoms with E-state index in [2.05, 4.69) is 4.90 Å². The van der Waals surface area contributed by atoms with E-state index < -0.39 is 0 Å². The van der Waals surface area contributed by atoms with Crippen molar-refractivity contribution in [2.75, 3.05) is 45.7 Å². The quantitative estimate of drug-likeness (QED) is 0.769. The molecule has 5 heteroatoms. The third kappa shape index (κ3) is 5.28. The lowest BCUT2D eigenvalue weighted by Gasteiger charge is -2.26. The highest BCUT2D eigenvalue weighted by Crippen LogP contribution is 2.15. The largest absolute Gasteiger partial charge is 0.380 e. The number of hydrogen-bond donors (Lipinski definition) is 1. The molecule has 0 heterocycles. The van der Waals surface area contributed by atoms with Gasteiger partial charge in [-0.05, 0) is 26.2 Å². The number of nitrogens with zero attached hydrogens (tertiary/aromatic N) is 2. The number of carbonyl (C=O) groups excluding carboxylic acids is 1. The van der Waals surface area contributed by atoms with Crippen LogP contribution in [0.25, 0.3) is 0 Å². The lowest BCUT2D eigenvalue weighted by atomic mass is 10.2. The van der Waals surface area contributed by atoms with Crippen molar-refractivity contribution in [3.8, 4) is 0 Å². The van der Waals surface area contributed by atoms with Crippen molar-refractivity contribution in [1.29, 1.82) is 0 Å². The molecule has 1 unspecified atom stereocenters. The summed E-state index contributed by atoms with van der Waals surface area (Å²) in [5.74, 6) is 0.0374. The van der Waals surface area contributed by atoms with Crippen molar-refractivity contribution in [3.05, 3.63) is 30.3 Å². The number of ether oxygens (including phenoxy) is 1. The Morgan fingerprint density at radius 1 is 1.25 bits per heavy atom. The molecule has 0 bridgehead atoms. The van der Waals surface area contributed by atoms with Gasteiger partial charge < -0.3 is 20.3 Å². The molecule has 0 aliphatic rings. The maximum Gasteiger partial charge on any atom is 0.229 e. The zero-order valence-electron chi connectivity index (χ0n) is 12.6. The fourth-order valence-corrected chi connectivity index (χ4v) is 1.87. The molecule has 1 aromatic carbocycles. The number of carbonyl (C=O) groups is 1. The molecule has 0 saturated heterocycles. The Hall–Kier alpha value is -1.43. The number of likely N-dealkylation sites (N-methyl/N-ethyl adjacent to an activating group) is 1. The lowest BCUT2D eigenvalue weighted by molar-refractivity contribution is -0.120. The van der Waals surface area contributed by atoms with Gasteiger partial charge in [0.2, 0.25) is 5.91 Å². The minimum absolute atomic E-state index is 0.0374. The molecule has 0 radical (unpaired) electrons. The van der Waals surface area contributed by atoms with Gasteiger partial charge in [-0.15, -0.1) is 0 Å². The number of amides is 1. The smallest absolute Gasteiger partial charge is 0.229 e. The SMILES string of the molecule is COC(CN)CC(=O)N(CCN(C)C)c1ccccc1. The van der Waals surface area contributed by atoms with Crippen LogP contribution in [-0.4, -0.2) is 57.8 Å². The molecule has 1 aromatic rings. The molecule has 2 N–H and O–H groups in total. The van der Waals surface area contributed by atoms with Gasteiger partial charge in [0.15, 0.2) is 0 Å². The molecule has 5 nitrogen and oxygen atoms in total. The standard InChI is InChI=1S/C15H25N3O2/c1-17(2)9-10-18(13-7-5-4-6-8-13)15(19)11-14(12-16)20-3/h4-8,14H,9-12,16H2,1-3H3. The highest BCUT2D eigenvalue weighted by atomic mass is 16.5. The molecule has 0 aliphatic carbocycles. The normalized spacial score (nSPS) is 12.4. The number of anilines is 1. The molecule has 0 aliphatic heterocycles. The topological polar surface area (TPSA) is 58.8 Å². The van der Waals surface area contributed by atoms with Gasteiger partial charge in [-0.2, -0.15) is 0 Å². The first-order valence-electron chi connectivity index (χ1n) is 6.81. The molecule has 0 saturated carbocycles. The van der Waals surface area contributed by atoms with Crippen LogP contribution in [0.2, 0.25) is 0 Å². The fourth-order valence-electron chi connectivity index (χ4n) is 1.87. The molecule has 0 spiro atoms. The monoisotopic (exact) mass is 279 g/mol. The van der Waals surface area contributed by atoms with Crippen LogP contribution in [0.3, 0.4) is 0 Å². The number of nitrogens with two attached hydrogens (primary N) is 1. The Balaban J connectivity index is 2.79. The van der Waals surface area contributed by atoms with Crippen molar-refractivity contribution < 1.29 is 9.53 Å². The molecule has 112 valence electrons. The number of rotatable bonds is 8. The van der Waals surface area contributed by atoms with Crippen molar-refractivity contribution >= 4 is 11.6 Å². The van der Waals surface area contributed by atoms with Gasteiger partial charge in [0.1, 0.15) is 0 Å². The summed E-state index contributed by atoms with van der Waals surface area (Å²) in [7, 11) is 5.56. The number of hydrogen-bond acceptors (Lipinski definition) is 4. The second-order valence-corrected chi connectivity index (χ2v) is 4.98. The molecule has 0 fully saturated rings. The van der Waals surface area contributed by atoms with E-state index >= 15 is 0 Å². The third-order valence-corrected chi connectivity index (χ3v) is 3.14. The zero-order chi connectivity index (χ0) is 15.0. The summed E-state index contributed by atoms with van der Waals surface area (Å²) < 4.78 is 5.20. The maximum atomic E-state index is 12.5. The van der Waals surface area contributed by atoms with Crippen LogP contribution in [0.15, 0.2) is 30.3 Å². The van der Waals surface area contributed by atoms with E-state index in [1.807, 2.05) is 44.4 Å². The summed E-state index contributed by atoms with van der Waals surface area (Å²) in [5.41, 5.74) is 6.50. The Labute approximate surface area is 121 Å². The van der Waals surface area contributed by atoms with E-state index in [1.54, 1.807) is 12.0 Å². The van der Waals surface area contributed by atoms with E-state index in [0.29, 0.717) is 19.5 Å². The average molecular weight is 279 g/mol. The summed E-state index contributed by atoms with van der Waals surface area (Å²) in [6.45, 7) is 1.80. The summed E-state index contributed by atoms with van der Waals surface area (Å²) in [6.07, 6.45) is 0.0723. The van der Waals surface area contributed by atoms with Crippen molar-refractivity contribution in [3.63, 3.8) is 0 Å². The van der Waals surface area contributed by atoms with Crippen LogP contribution in [0, 0.1) is 0 Å². The molecular formula is C15H25N3O2. The van der Waals surface area contributed by atoms with Crippen LogP contribution < -0.4 is 10.6 Å². The molecule has 1 amide bonds. The van der Waals surface area contributed by atoms with Crippen LogP contribution >= 0.6 is 0 Å². The van der Waals surface area contributed by atoms with Crippen LogP contribution in [0.4, 0.5) is 5.69 Å². The van der Waals surface area contributed by atoms with Gasteiger partial charge in [0.25, 0.3) is 0 Å². The van der Waals surface area contributed by atoms with Crippen molar-refractivity contribution in [1.82, 2.24) is 4.90 Å². The Morgan fingerprint density at radius 3 is 2.40 bits per heavy atom. The second-order valence-electron chi connectivity index (χ2n) is 4.98. The number of methoxy groups -OCH3 is 1. The third-order valence-electron chi connectivity index (χ3n) is 3.14. The van der Waals surface area contributed by atoms with E-state index in [4.69, 9.17) is 10.5 Å². The van der Waals surface area contributed by atoms with E-state index in [1.165, 1.54) is 0 Å². The van der Waals surface area contributed by atoms with Crippen molar-refractivity contribution in [2.45, 2.75) is 12.5 Å². The van der Waals surface area contributed by atoms with Gasteiger partial charge in [-0.1, -0.05) is 18.2 Å². The highest BCUT2D eigenvalue weighted by molar-refractivity contribution is 5.93. The first-order valence-corrected chi connectivity index (χ1v) is 6.81. The Bertz CT molecular complexity index is 391. The predicted molar refractivity (Wildman–Crippen MR) is 81.8 cm³/mol. The average Bonchev–Trinajstić information content (AvgIpc) is 2.45. The molecular weight excluding hydrogens is 254 g/mol. The predicted octanol–water partition coefficient (Wildman–Crippen LogP) is 0.945. The summed E-state index contributed by atoms with van der Waals surface area (Å²) in [6, 6.07) is 9.69. The molecule has 1 rings (SSSR count). The minimum atomic E-state index is -0.229. The van der Waals surface area contributed by atoms with E-state index in [0.717, 1.165) is 12.2 Å². The van der Waals surface area contributed by atoms with Gasteiger partial charge >= 0.3 is 0 Å². The van der Waals surface area contributed by atoms with Crippen LogP contribution in [0.5, 0.6) is 0 Å². The summed E-state index contributed by atoms with van der Waals surface area (Å²) in [5, 5.41) is 0. The van der Waals surface area contributed by atoms with Crippen LogP contribution in [0.1, 0.15) is 6.42 Å². The molecule has 0 aromatic heterocycles.